The summed E-state index contributed by atoms with van der Waals surface area (Å²) in [7, 11) is 0. The van der Waals surface area contributed by atoms with Gasteiger partial charge in [-0.3, -0.25) is 9.48 Å². The van der Waals surface area contributed by atoms with Crippen molar-refractivity contribution in [1.82, 2.24) is 15.1 Å². The standard InChI is InChI=1S/C12H19N3O/c1-3-12(6-8-13-9-12)11(16)10-5-7-14-15(10)4-2/h5,7,13H,3-4,6,8-9H2,1-2H3. The van der Waals surface area contributed by atoms with E-state index in [4.69, 9.17) is 0 Å². The lowest BCUT2D eigenvalue weighted by Gasteiger charge is -2.24. The van der Waals surface area contributed by atoms with Gasteiger partial charge >= 0.3 is 0 Å². The van der Waals surface area contributed by atoms with E-state index in [2.05, 4.69) is 17.3 Å². The second kappa shape index (κ2) is 4.37. The van der Waals surface area contributed by atoms with E-state index in [9.17, 15) is 4.79 Å². The average molecular weight is 221 g/mol. The molecule has 16 heavy (non-hydrogen) atoms. The first-order chi connectivity index (χ1) is 7.73. The Morgan fingerprint density at radius 1 is 1.62 bits per heavy atom. The van der Waals surface area contributed by atoms with Gasteiger partial charge in [-0.25, -0.2) is 0 Å². The molecule has 2 heterocycles. The quantitative estimate of drug-likeness (QED) is 0.783. The summed E-state index contributed by atoms with van der Waals surface area (Å²) in [6, 6.07) is 1.83. The SMILES string of the molecule is CCn1nccc1C(=O)C1(CC)CCNC1. The molecule has 0 amide bonds. The Hall–Kier alpha value is -1.16. The van der Waals surface area contributed by atoms with Crippen LogP contribution in [0.25, 0.3) is 0 Å². The van der Waals surface area contributed by atoms with Crippen molar-refractivity contribution < 1.29 is 4.79 Å². The Morgan fingerprint density at radius 3 is 3.00 bits per heavy atom. The van der Waals surface area contributed by atoms with Crippen LogP contribution in [-0.2, 0) is 6.54 Å². The molecular weight excluding hydrogens is 202 g/mol. The van der Waals surface area contributed by atoms with Crippen LogP contribution in [0.5, 0.6) is 0 Å². The Bertz CT molecular complexity index is 377. The van der Waals surface area contributed by atoms with Gasteiger partial charge in [0.1, 0.15) is 5.69 Å². The fraction of sp³-hybridized carbons (Fsp3) is 0.667. The van der Waals surface area contributed by atoms with Gasteiger partial charge in [0.15, 0.2) is 5.78 Å². The molecule has 0 aromatic carbocycles. The first-order valence-electron chi connectivity index (χ1n) is 6.01. The van der Waals surface area contributed by atoms with Crippen LogP contribution in [0.1, 0.15) is 37.2 Å². The average Bonchev–Trinajstić information content (AvgIpc) is 2.97. The molecule has 4 heteroatoms. The number of carbonyl (C=O) groups is 1. The highest BCUT2D eigenvalue weighted by atomic mass is 16.1. The van der Waals surface area contributed by atoms with Gasteiger partial charge in [0, 0.05) is 24.7 Å². The number of carbonyl (C=O) groups excluding carboxylic acids is 1. The summed E-state index contributed by atoms with van der Waals surface area (Å²) >= 11 is 0. The summed E-state index contributed by atoms with van der Waals surface area (Å²) in [5.74, 6) is 0.249. The smallest absolute Gasteiger partial charge is 0.188 e. The van der Waals surface area contributed by atoms with Crippen LogP contribution < -0.4 is 5.32 Å². The van der Waals surface area contributed by atoms with Crippen LogP contribution in [0.3, 0.4) is 0 Å². The van der Waals surface area contributed by atoms with Gasteiger partial charge in [-0.15, -0.1) is 0 Å². The van der Waals surface area contributed by atoms with Crippen LogP contribution >= 0.6 is 0 Å². The molecule has 1 aromatic heterocycles. The van der Waals surface area contributed by atoms with E-state index in [0.717, 1.165) is 38.2 Å². The zero-order chi connectivity index (χ0) is 11.6. The summed E-state index contributed by atoms with van der Waals surface area (Å²) in [6.45, 7) is 6.60. The Kier molecular flexibility index (Phi) is 3.10. The van der Waals surface area contributed by atoms with Gasteiger partial charge in [-0.05, 0) is 32.4 Å². The van der Waals surface area contributed by atoms with E-state index in [-0.39, 0.29) is 11.2 Å². The topological polar surface area (TPSA) is 46.9 Å². The number of rotatable bonds is 4. The molecular formula is C12H19N3O. The first kappa shape index (κ1) is 11.3. The van der Waals surface area contributed by atoms with Gasteiger partial charge < -0.3 is 5.32 Å². The van der Waals surface area contributed by atoms with Crippen molar-refractivity contribution in [1.29, 1.82) is 0 Å². The van der Waals surface area contributed by atoms with Crippen molar-refractivity contribution in [3.63, 3.8) is 0 Å². The van der Waals surface area contributed by atoms with E-state index >= 15 is 0 Å². The monoisotopic (exact) mass is 221 g/mol. The van der Waals surface area contributed by atoms with Gasteiger partial charge in [-0.1, -0.05) is 6.92 Å². The largest absolute Gasteiger partial charge is 0.316 e. The number of aromatic nitrogens is 2. The normalized spacial score (nSPS) is 24.9. The summed E-state index contributed by atoms with van der Waals surface area (Å²) in [5, 5.41) is 7.46. The van der Waals surface area contributed by atoms with Gasteiger partial charge in [0.05, 0.1) is 0 Å². The van der Waals surface area contributed by atoms with E-state index < -0.39 is 0 Å². The van der Waals surface area contributed by atoms with Gasteiger partial charge in [0.2, 0.25) is 0 Å². The molecule has 0 aliphatic carbocycles. The van der Waals surface area contributed by atoms with Crippen molar-refractivity contribution in [2.45, 2.75) is 33.2 Å². The molecule has 1 saturated heterocycles. The molecule has 1 atom stereocenters. The maximum atomic E-state index is 12.5. The second-order valence-corrected chi connectivity index (χ2v) is 4.42. The third-order valence-corrected chi connectivity index (χ3v) is 3.65. The summed E-state index contributed by atoms with van der Waals surface area (Å²) in [6.07, 6.45) is 3.55. The zero-order valence-electron chi connectivity index (χ0n) is 9.99. The highest BCUT2D eigenvalue weighted by Gasteiger charge is 2.40. The minimum Gasteiger partial charge on any atom is -0.316 e. The number of hydrogen-bond donors (Lipinski definition) is 1. The van der Waals surface area contributed by atoms with E-state index in [1.165, 1.54) is 0 Å². The predicted octanol–water partition coefficient (Wildman–Crippen LogP) is 1.48. The molecule has 0 bridgehead atoms. The predicted molar refractivity (Wildman–Crippen MR) is 62.4 cm³/mol. The summed E-state index contributed by atoms with van der Waals surface area (Å²) in [5.41, 5.74) is 0.556. The number of aryl methyl sites for hydroxylation is 1. The Labute approximate surface area is 96.0 Å². The molecule has 1 aromatic rings. The fourth-order valence-electron chi connectivity index (χ4n) is 2.45. The van der Waals surface area contributed by atoms with E-state index in [0.29, 0.717) is 0 Å². The fourth-order valence-corrected chi connectivity index (χ4v) is 2.45. The summed E-state index contributed by atoms with van der Waals surface area (Å²) < 4.78 is 1.79. The van der Waals surface area contributed by atoms with Crippen LogP contribution in [0.2, 0.25) is 0 Å². The van der Waals surface area contributed by atoms with Gasteiger partial charge in [0.25, 0.3) is 0 Å². The van der Waals surface area contributed by atoms with Crippen molar-refractivity contribution in [2.24, 2.45) is 5.41 Å². The van der Waals surface area contributed by atoms with Crippen molar-refractivity contribution in [3.05, 3.63) is 18.0 Å². The van der Waals surface area contributed by atoms with Gasteiger partial charge in [-0.2, -0.15) is 5.10 Å². The molecule has 4 nitrogen and oxygen atoms in total. The second-order valence-electron chi connectivity index (χ2n) is 4.42. The maximum Gasteiger partial charge on any atom is 0.188 e. The molecule has 1 aliphatic rings. The Balaban J connectivity index is 2.30. The van der Waals surface area contributed by atoms with Crippen LogP contribution in [-0.4, -0.2) is 28.7 Å². The molecule has 2 rings (SSSR count). The number of nitrogens with zero attached hydrogens (tertiary/aromatic N) is 2. The highest BCUT2D eigenvalue weighted by molar-refractivity contribution is 5.99. The van der Waals surface area contributed by atoms with Crippen molar-refractivity contribution in [2.75, 3.05) is 13.1 Å². The molecule has 1 fully saturated rings. The Morgan fingerprint density at radius 2 is 2.44 bits per heavy atom. The lowest BCUT2D eigenvalue weighted by atomic mass is 9.78. The van der Waals surface area contributed by atoms with E-state index in [1.54, 1.807) is 10.9 Å². The summed E-state index contributed by atoms with van der Waals surface area (Å²) in [4.78, 5) is 12.5. The maximum absolute atomic E-state index is 12.5. The van der Waals surface area contributed by atoms with Crippen molar-refractivity contribution in [3.8, 4) is 0 Å². The molecule has 0 radical (unpaired) electrons. The number of hydrogen-bond acceptors (Lipinski definition) is 3. The third-order valence-electron chi connectivity index (χ3n) is 3.65. The van der Waals surface area contributed by atoms with Crippen LogP contribution in [0.15, 0.2) is 12.3 Å². The molecule has 88 valence electrons. The molecule has 1 N–H and O–H groups in total. The third kappa shape index (κ3) is 1.67. The van der Waals surface area contributed by atoms with E-state index in [1.807, 2.05) is 13.0 Å². The minimum atomic E-state index is -0.201. The number of Topliss-reactive ketones (excluding diaryl/α,β-unsaturated/α-hetero) is 1. The van der Waals surface area contributed by atoms with Crippen LogP contribution in [0, 0.1) is 5.41 Å². The number of nitrogens with one attached hydrogen (secondary N) is 1. The zero-order valence-corrected chi connectivity index (χ0v) is 9.99. The molecule has 1 aliphatic heterocycles. The van der Waals surface area contributed by atoms with Crippen molar-refractivity contribution >= 4 is 5.78 Å². The highest BCUT2D eigenvalue weighted by Crippen LogP contribution is 2.33. The molecule has 1 unspecified atom stereocenters. The molecule has 0 spiro atoms. The lowest BCUT2D eigenvalue weighted by Crippen LogP contribution is -2.34. The lowest BCUT2D eigenvalue weighted by molar-refractivity contribution is 0.0798. The molecule has 0 saturated carbocycles. The minimum absolute atomic E-state index is 0.201. The number of ketones is 1. The first-order valence-corrected chi connectivity index (χ1v) is 6.01. The van der Waals surface area contributed by atoms with Crippen LogP contribution in [0.4, 0.5) is 0 Å².